The quantitative estimate of drug-likeness (QED) is 0.897. The Morgan fingerprint density at radius 3 is 2.76 bits per heavy atom. The molecule has 3 atom stereocenters. The smallest absolute Gasteiger partial charge is 0.237 e. The highest BCUT2D eigenvalue weighted by Gasteiger charge is 2.35. The molecule has 0 bridgehead atoms. The molecule has 1 aromatic carbocycles. The number of nitrogens with zero attached hydrogens (tertiary/aromatic N) is 1. The number of likely N-dealkylation sites (N-methyl/N-ethyl adjacent to an activating group) is 1. The fraction of sp³-hybridized carbons (Fsp3) is 0.562. The van der Waals surface area contributed by atoms with Crippen molar-refractivity contribution in [2.24, 2.45) is 0 Å². The second kappa shape index (κ2) is 6.34. The zero-order valence-electron chi connectivity index (χ0n) is 12.3. The molecule has 114 valence electrons. The van der Waals surface area contributed by atoms with Crippen molar-refractivity contribution in [2.75, 3.05) is 20.1 Å². The topological polar surface area (TPSA) is 44.4 Å². The Labute approximate surface area is 130 Å². The van der Waals surface area contributed by atoms with E-state index in [4.69, 9.17) is 11.6 Å². The van der Waals surface area contributed by atoms with Crippen molar-refractivity contribution < 1.29 is 4.79 Å². The third-order valence-corrected chi connectivity index (χ3v) is 4.82. The summed E-state index contributed by atoms with van der Waals surface area (Å²) in [7, 11) is 2.11. The Balaban J connectivity index is 1.71. The number of nitrogens with one attached hydrogen (secondary N) is 2. The number of likely N-dealkylation sites (tertiary alicyclic amines) is 1. The number of hydrogen-bond acceptors (Lipinski definition) is 3. The minimum atomic E-state index is -0.0122. The summed E-state index contributed by atoms with van der Waals surface area (Å²) in [6.07, 6.45) is 3.02. The van der Waals surface area contributed by atoms with Crippen molar-refractivity contribution in [2.45, 2.75) is 37.4 Å². The highest BCUT2D eigenvalue weighted by Crippen LogP contribution is 2.31. The predicted octanol–water partition coefficient (Wildman–Crippen LogP) is 1.95. The molecule has 1 aromatic rings. The minimum Gasteiger partial charge on any atom is -0.350 e. The lowest BCUT2D eigenvalue weighted by atomic mass is 10.00. The van der Waals surface area contributed by atoms with Crippen LogP contribution in [0.2, 0.25) is 5.02 Å². The van der Waals surface area contributed by atoms with Crippen LogP contribution in [0.1, 0.15) is 30.9 Å². The second-order valence-corrected chi connectivity index (χ2v) is 6.47. The molecule has 2 heterocycles. The van der Waals surface area contributed by atoms with E-state index in [2.05, 4.69) is 34.7 Å². The van der Waals surface area contributed by atoms with Crippen LogP contribution in [-0.2, 0) is 4.79 Å². The number of carbonyl (C=O) groups excluding carboxylic acids is 1. The molecule has 2 aliphatic rings. The van der Waals surface area contributed by atoms with Gasteiger partial charge in [0.15, 0.2) is 0 Å². The van der Waals surface area contributed by atoms with Gasteiger partial charge in [-0.05, 0) is 50.6 Å². The third-order valence-electron chi connectivity index (χ3n) is 4.56. The van der Waals surface area contributed by atoms with Crippen LogP contribution in [0.4, 0.5) is 0 Å². The van der Waals surface area contributed by atoms with Gasteiger partial charge in [-0.15, -0.1) is 0 Å². The number of hydrogen-bond donors (Lipinski definition) is 2. The molecule has 2 saturated heterocycles. The van der Waals surface area contributed by atoms with Gasteiger partial charge >= 0.3 is 0 Å². The van der Waals surface area contributed by atoms with Gasteiger partial charge in [0, 0.05) is 17.6 Å². The van der Waals surface area contributed by atoms with Gasteiger partial charge in [0.25, 0.3) is 0 Å². The zero-order valence-corrected chi connectivity index (χ0v) is 13.1. The molecular weight excluding hydrogens is 286 g/mol. The zero-order chi connectivity index (χ0) is 14.8. The van der Waals surface area contributed by atoms with Crippen molar-refractivity contribution in [1.29, 1.82) is 0 Å². The van der Waals surface area contributed by atoms with Crippen LogP contribution in [0, 0.1) is 0 Å². The lowest BCUT2D eigenvalue weighted by molar-refractivity contribution is -0.123. The monoisotopic (exact) mass is 307 g/mol. The number of rotatable bonds is 3. The first kappa shape index (κ1) is 14.8. The van der Waals surface area contributed by atoms with E-state index in [0.29, 0.717) is 0 Å². The molecule has 0 aliphatic carbocycles. The van der Waals surface area contributed by atoms with Gasteiger partial charge < -0.3 is 10.6 Å². The van der Waals surface area contributed by atoms with Crippen LogP contribution in [0.3, 0.4) is 0 Å². The fourth-order valence-corrected chi connectivity index (χ4v) is 3.56. The van der Waals surface area contributed by atoms with Crippen LogP contribution in [0.15, 0.2) is 24.3 Å². The second-order valence-electron chi connectivity index (χ2n) is 6.03. The third kappa shape index (κ3) is 3.23. The largest absolute Gasteiger partial charge is 0.350 e. The van der Waals surface area contributed by atoms with Crippen molar-refractivity contribution in [3.63, 3.8) is 0 Å². The first-order valence-electron chi connectivity index (χ1n) is 7.64. The Bertz CT molecular complexity index is 499. The maximum atomic E-state index is 12.3. The predicted molar refractivity (Wildman–Crippen MR) is 84.4 cm³/mol. The van der Waals surface area contributed by atoms with E-state index in [1.54, 1.807) is 0 Å². The molecule has 2 aliphatic heterocycles. The SMILES string of the molecule is CN1CCC(NC(=O)C2CCCN2)C1c1ccc(Cl)cc1. The molecule has 0 saturated carbocycles. The Kier molecular flexibility index (Phi) is 4.48. The average Bonchev–Trinajstić information content (AvgIpc) is 3.11. The molecule has 1 amide bonds. The van der Waals surface area contributed by atoms with Crippen LogP contribution in [-0.4, -0.2) is 43.0 Å². The molecule has 3 rings (SSSR count). The summed E-state index contributed by atoms with van der Waals surface area (Å²) in [6, 6.07) is 8.34. The molecular formula is C16H22ClN3O. The maximum absolute atomic E-state index is 12.3. The van der Waals surface area contributed by atoms with E-state index < -0.39 is 0 Å². The van der Waals surface area contributed by atoms with Gasteiger partial charge in [-0.25, -0.2) is 0 Å². The van der Waals surface area contributed by atoms with Gasteiger partial charge in [-0.1, -0.05) is 23.7 Å². The molecule has 2 fully saturated rings. The van der Waals surface area contributed by atoms with Crippen LogP contribution in [0.5, 0.6) is 0 Å². The van der Waals surface area contributed by atoms with E-state index in [0.717, 1.165) is 37.4 Å². The van der Waals surface area contributed by atoms with Crippen LogP contribution >= 0.6 is 11.6 Å². The molecule has 0 radical (unpaired) electrons. The molecule has 21 heavy (non-hydrogen) atoms. The summed E-state index contributed by atoms with van der Waals surface area (Å²) in [5.74, 6) is 0.145. The lowest BCUT2D eigenvalue weighted by Crippen LogP contribution is -2.46. The highest BCUT2D eigenvalue weighted by atomic mass is 35.5. The number of benzene rings is 1. The van der Waals surface area contributed by atoms with Crippen molar-refractivity contribution >= 4 is 17.5 Å². The van der Waals surface area contributed by atoms with Gasteiger partial charge in [-0.3, -0.25) is 9.69 Å². The van der Waals surface area contributed by atoms with E-state index in [-0.39, 0.29) is 24.0 Å². The first-order chi connectivity index (χ1) is 10.1. The van der Waals surface area contributed by atoms with Crippen LogP contribution < -0.4 is 10.6 Å². The number of halogens is 1. The Morgan fingerprint density at radius 1 is 1.33 bits per heavy atom. The fourth-order valence-electron chi connectivity index (χ4n) is 3.44. The first-order valence-corrected chi connectivity index (χ1v) is 8.02. The van der Waals surface area contributed by atoms with Gasteiger partial charge in [0.05, 0.1) is 12.1 Å². The minimum absolute atomic E-state index is 0.0122. The van der Waals surface area contributed by atoms with Crippen molar-refractivity contribution in [3.8, 4) is 0 Å². The molecule has 2 N–H and O–H groups in total. The Hall–Kier alpha value is -1.10. The summed E-state index contributed by atoms with van der Waals surface area (Å²) in [5, 5.41) is 7.24. The normalized spacial score (nSPS) is 29.7. The number of amides is 1. The standard InChI is InChI=1S/C16H22ClN3O/c1-20-10-8-13(19-16(21)14-3-2-9-18-14)15(20)11-4-6-12(17)7-5-11/h4-7,13-15,18H,2-3,8-10H2,1H3,(H,19,21). The van der Waals surface area contributed by atoms with Gasteiger partial charge in [0.2, 0.25) is 5.91 Å². The van der Waals surface area contributed by atoms with Crippen molar-refractivity contribution in [3.05, 3.63) is 34.9 Å². The number of carbonyl (C=O) groups is 1. The van der Waals surface area contributed by atoms with E-state index in [9.17, 15) is 4.79 Å². The summed E-state index contributed by atoms with van der Waals surface area (Å²) in [5.41, 5.74) is 1.21. The summed E-state index contributed by atoms with van der Waals surface area (Å²) >= 11 is 5.97. The van der Waals surface area contributed by atoms with E-state index in [1.165, 1.54) is 5.56 Å². The maximum Gasteiger partial charge on any atom is 0.237 e. The summed E-state index contributed by atoms with van der Waals surface area (Å²) in [6.45, 7) is 1.94. The lowest BCUT2D eigenvalue weighted by Gasteiger charge is -2.27. The average molecular weight is 308 g/mol. The summed E-state index contributed by atoms with van der Waals surface area (Å²) in [4.78, 5) is 14.6. The highest BCUT2D eigenvalue weighted by molar-refractivity contribution is 6.30. The molecule has 0 aromatic heterocycles. The molecule has 3 unspecified atom stereocenters. The van der Waals surface area contributed by atoms with Crippen LogP contribution in [0.25, 0.3) is 0 Å². The van der Waals surface area contributed by atoms with Gasteiger partial charge in [0.1, 0.15) is 0 Å². The van der Waals surface area contributed by atoms with Crippen molar-refractivity contribution in [1.82, 2.24) is 15.5 Å². The Morgan fingerprint density at radius 2 is 2.10 bits per heavy atom. The molecule has 4 nitrogen and oxygen atoms in total. The molecule has 5 heteroatoms. The van der Waals surface area contributed by atoms with E-state index in [1.807, 2.05) is 12.1 Å². The molecule has 0 spiro atoms. The van der Waals surface area contributed by atoms with Gasteiger partial charge in [-0.2, -0.15) is 0 Å². The van der Waals surface area contributed by atoms with E-state index >= 15 is 0 Å². The summed E-state index contributed by atoms with van der Waals surface area (Å²) < 4.78 is 0.